The van der Waals surface area contributed by atoms with Crippen molar-refractivity contribution in [2.75, 3.05) is 27.3 Å². The van der Waals surface area contributed by atoms with E-state index in [1.807, 2.05) is 36.2 Å². The fourth-order valence-electron chi connectivity index (χ4n) is 2.45. The Balaban J connectivity index is 2.14. The number of nitro benzene ring substituents is 1. The van der Waals surface area contributed by atoms with E-state index < -0.39 is 4.92 Å². The van der Waals surface area contributed by atoms with Gasteiger partial charge in [-0.15, -0.1) is 0 Å². The quantitative estimate of drug-likeness (QED) is 0.635. The van der Waals surface area contributed by atoms with Gasteiger partial charge in [-0.1, -0.05) is 12.1 Å². The molecule has 1 aliphatic heterocycles. The lowest BCUT2D eigenvalue weighted by Gasteiger charge is -2.21. The summed E-state index contributed by atoms with van der Waals surface area (Å²) in [4.78, 5) is 17.3. The Morgan fingerprint density at radius 1 is 1.25 bits per heavy atom. The number of para-hydroxylation sites is 2. The summed E-state index contributed by atoms with van der Waals surface area (Å²) < 4.78 is 11.0. The maximum atomic E-state index is 11.1. The van der Waals surface area contributed by atoms with Gasteiger partial charge in [-0.2, -0.15) is 0 Å². The first kappa shape index (κ1) is 15.9. The van der Waals surface area contributed by atoms with E-state index in [0.29, 0.717) is 41.7 Å². The molecule has 0 bridgehead atoms. The number of nitrogens with zero attached hydrogens (tertiary/aromatic N) is 3. The molecule has 1 heterocycles. The molecule has 2 aromatic carbocycles. The Labute approximate surface area is 139 Å². The first-order chi connectivity index (χ1) is 11.6. The Kier molecular flexibility index (Phi) is 4.43. The molecular formula is C17H17N3O4. The molecule has 0 saturated carbocycles. The number of non-ortho nitro benzene ring substituents is 1. The zero-order chi connectivity index (χ0) is 17.1. The summed E-state index contributed by atoms with van der Waals surface area (Å²) in [5.41, 5.74) is 1.26. The lowest BCUT2D eigenvalue weighted by atomic mass is 10.1. The minimum Gasteiger partial charge on any atom is -0.454 e. The molecule has 0 unspecified atom stereocenters. The number of rotatable bonds is 4. The fraction of sp³-hybridized carbons (Fsp3) is 0.235. The molecule has 0 radical (unpaired) electrons. The van der Waals surface area contributed by atoms with Crippen molar-refractivity contribution >= 4 is 17.2 Å². The van der Waals surface area contributed by atoms with E-state index in [9.17, 15) is 10.1 Å². The third-order valence-corrected chi connectivity index (χ3v) is 3.72. The van der Waals surface area contributed by atoms with Gasteiger partial charge in [-0.05, 0) is 18.2 Å². The predicted octanol–water partition coefficient (Wildman–Crippen LogP) is 3.36. The largest absolute Gasteiger partial charge is 0.454 e. The van der Waals surface area contributed by atoms with Crippen molar-refractivity contribution in [3.8, 4) is 11.5 Å². The molecule has 24 heavy (non-hydrogen) atoms. The molecule has 124 valence electrons. The lowest BCUT2D eigenvalue weighted by Crippen LogP contribution is -2.30. The van der Waals surface area contributed by atoms with Gasteiger partial charge >= 0.3 is 0 Å². The first-order valence-electron chi connectivity index (χ1n) is 7.44. The van der Waals surface area contributed by atoms with Crippen molar-refractivity contribution in [3.05, 3.63) is 58.1 Å². The molecule has 0 N–H and O–H groups in total. The fourth-order valence-corrected chi connectivity index (χ4v) is 2.45. The minimum absolute atomic E-state index is 0.00357. The van der Waals surface area contributed by atoms with Crippen LogP contribution < -0.4 is 4.74 Å². The lowest BCUT2D eigenvalue weighted by molar-refractivity contribution is -0.384. The van der Waals surface area contributed by atoms with Crippen molar-refractivity contribution in [1.29, 1.82) is 0 Å². The van der Waals surface area contributed by atoms with Crippen LogP contribution in [-0.4, -0.2) is 43.0 Å². The van der Waals surface area contributed by atoms with Gasteiger partial charge in [-0.25, -0.2) is 4.99 Å². The molecule has 2 aromatic rings. The van der Waals surface area contributed by atoms with E-state index in [1.54, 1.807) is 13.2 Å². The first-order valence-corrected chi connectivity index (χ1v) is 7.44. The Morgan fingerprint density at radius 2 is 2.04 bits per heavy atom. The van der Waals surface area contributed by atoms with E-state index in [0.717, 1.165) is 0 Å². The second-order valence-corrected chi connectivity index (χ2v) is 5.36. The summed E-state index contributed by atoms with van der Waals surface area (Å²) in [7, 11) is 3.49. The topological polar surface area (TPSA) is 77.2 Å². The summed E-state index contributed by atoms with van der Waals surface area (Å²) >= 11 is 0. The van der Waals surface area contributed by atoms with E-state index in [4.69, 9.17) is 9.47 Å². The molecule has 7 nitrogen and oxygen atoms in total. The summed E-state index contributed by atoms with van der Waals surface area (Å²) in [5, 5.41) is 11.1. The summed E-state index contributed by atoms with van der Waals surface area (Å²) in [6.07, 6.45) is 0. The van der Waals surface area contributed by atoms with Crippen molar-refractivity contribution in [1.82, 2.24) is 4.90 Å². The molecular weight excluding hydrogens is 310 g/mol. The highest BCUT2D eigenvalue weighted by Gasteiger charge is 2.23. The third kappa shape index (κ3) is 3.07. The average molecular weight is 327 g/mol. The van der Waals surface area contributed by atoms with E-state index in [2.05, 4.69) is 4.99 Å². The van der Waals surface area contributed by atoms with Crippen LogP contribution in [0.25, 0.3) is 0 Å². The SMILES string of the molecule is COCCN(C)C1=Nc2ccccc2Oc2ccc([N+](=O)[O-])cc21. The molecule has 0 aliphatic carbocycles. The van der Waals surface area contributed by atoms with Gasteiger partial charge in [0.1, 0.15) is 17.3 Å². The number of ether oxygens (including phenoxy) is 2. The number of methoxy groups -OCH3 is 1. The van der Waals surface area contributed by atoms with E-state index in [1.165, 1.54) is 12.1 Å². The maximum absolute atomic E-state index is 11.1. The number of benzene rings is 2. The number of hydrogen-bond donors (Lipinski definition) is 0. The molecule has 0 amide bonds. The van der Waals surface area contributed by atoms with Gasteiger partial charge in [0, 0.05) is 32.8 Å². The summed E-state index contributed by atoms with van der Waals surface area (Å²) in [6, 6.07) is 11.9. The molecule has 0 spiro atoms. The number of hydrogen-bond acceptors (Lipinski definition) is 6. The molecule has 7 heteroatoms. The van der Waals surface area contributed by atoms with Crippen LogP contribution in [0.15, 0.2) is 47.5 Å². The molecule has 3 rings (SSSR count). The normalized spacial score (nSPS) is 12.3. The van der Waals surface area contributed by atoms with Crippen molar-refractivity contribution in [2.45, 2.75) is 0 Å². The highest BCUT2D eigenvalue weighted by molar-refractivity contribution is 6.04. The highest BCUT2D eigenvalue weighted by atomic mass is 16.6. The zero-order valence-corrected chi connectivity index (χ0v) is 13.4. The second-order valence-electron chi connectivity index (χ2n) is 5.36. The van der Waals surface area contributed by atoms with Gasteiger partial charge in [0.2, 0.25) is 0 Å². The van der Waals surface area contributed by atoms with Crippen LogP contribution in [0.2, 0.25) is 0 Å². The minimum atomic E-state index is -0.426. The number of aliphatic imine (C=N–C) groups is 1. The Hall–Kier alpha value is -2.93. The maximum Gasteiger partial charge on any atom is 0.270 e. The summed E-state index contributed by atoms with van der Waals surface area (Å²) in [5.74, 6) is 1.76. The molecule has 0 fully saturated rings. The molecule has 1 aliphatic rings. The van der Waals surface area contributed by atoms with Gasteiger partial charge in [0.05, 0.1) is 17.1 Å². The zero-order valence-electron chi connectivity index (χ0n) is 13.4. The second kappa shape index (κ2) is 6.67. The van der Waals surface area contributed by atoms with Crippen LogP contribution in [0, 0.1) is 10.1 Å². The van der Waals surface area contributed by atoms with Crippen LogP contribution in [0.4, 0.5) is 11.4 Å². The predicted molar refractivity (Wildman–Crippen MR) is 90.3 cm³/mol. The van der Waals surface area contributed by atoms with Crippen LogP contribution in [-0.2, 0) is 4.74 Å². The van der Waals surface area contributed by atoms with Gasteiger partial charge in [0.15, 0.2) is 5.75 Å². The standard InChI is InChI=1S/C17H17N3O4/c1-19(9-10-23-2)17-13-11-12(20(21)22)7-8-15(13)24-16-6-4-3-5-14(16)18-17/h3-8,11H,9-10H2,1-2H3. The molecule has 0 saturated heterocycles. The van der Waals surface area contributed by atoms with Crippen LogP contribution in [0.3, 0.4) is 0 Å². The molecule has 0 aromatic heterocycles. The van der Waals surface area contributed by atoms with E-state index >= 15 is 0 Å². The van der Waals surface area contributed by atoms with Crippen LogP contribution >= 0.6 is 0 Å². The summed E-state index contributed by atoms with van der Waals surface area (Å²) in [6.45, 7) is 1.11. The van der Waals surface area contributed by atoms with Crippen LogP contribution in [0.1, 0.15) is 5.56 Å². The van der Waals surface area contributed by atoms with Crippen LogP contribution in [0.5, 0.6) is 11.5 Å². The average Bonchev–Trinajstić information content (AvgIpc) is 2.75. The van der Waals surface area contributed by atoms with Gasteiger partial charge in [0.25, 0.3) is 5.69 Å². The van der Waals surface area contributed by atoms with Crippen molar-refractivity contribution in [2.24, 2.45) is 4.99 Å². The third-order valence-electron chi connectivity index (χ3n) is 3.72. The van der Waals surface area contributed by atoms with Crippen molar-refractivity contribution < 1.29 is 14.4 Å². The smallest absolute Gasteiger partial charge is 0.270 e. The Morgan fingerprint density at radius 3 is 2.79 bits per heavy atom. The van der Waals surface area contributed by atoms with E-state index in [-0.39, 0.29) is 5.69 Å². The number of likely N-dealkylation sites (N-methyl/N-ethyl adjacent to an activating group) is 1. The van der Waals surface area contributed by atoms with Crippen molar-refractivity contribution in [3.63, 3.8) is 0 Å². The van der Waals surface area contributed by atoms with Gasteiger partial charge < -0.3 is 14.4 Å². The number of fused-ring (bicyclic) bond motifs is 2. The number of nitro groups is 1. The highest BCUT2D eigenvalue weighted by Crippen LogP contribution is 2.38. The molecule has 0 atom stereocenters. The Bertz CT molecular complexity index is 804. The number of amidine groups is 1. The monoisotopic (exact) mass is 327 g/mol. The van der Waals surface area contributed by atoms with Gasteiger partial charge in [-0.3, -0.25) is 10.1 Å².